The second-order valence-electron chi connectivity index (χ2n) is 6.74. The van der Waals surface area contributed by atoms with E-state index in [1.165, 1.54) is 13.1 Å². The first-order valence-electron chi connectivity index (χ1n) is 9.06. The second kappa shape index (κ2) is 8.53. The molecule has 0 saturated heterocycles. The molecule has 0 spiro atoms. The number of rotatable bonds is 6. The monoisotopic (exact) mass is 401 g/mol. The summed E-state index contributed by atoms with van der Waals surface area (Å²) in [5.41, 5.74) is 2.37. The molecule has 0 atom stereocenters. The molecule has 1 heterocycles. The fraction of sp³-hybridized carbons (Fsp3) is 0.300. The van der Waals surface area contributed by atoms with Crippen molar-refractivity contribution < 1.29 is 18.0 Å². The van der Waals surface area contributed by atoms with Gasteiger partial charge in [0.25, 0.3) is 0 Å². The molecule has 0 unspecified atom stereocenters. The van der Waals surface area contributed by atoms with Crippen molar-refractivity contribution in [3.63, 3.8) is 0 Å². The van der Waals surface area contributed by atoms with Crippen LogP contribution >= 0.6 is 0 Å². The maximum atomic E-state index is 12.8. The quantitative estimate of drug-likeness (QED) is 0.773. The van der Waals surface area contributed by atoms with Gasteiger partial charge in [0, 0.05) is 25.7 Å². The number of nitrogens with zero attached hydrogens (tertiary/aromatic N) is 1. The van der Waals surface area contributed by atoms with Crippen molar-refractivity contribution in [2.24, 2.45) is 0 Å². The maximum absolute atomic E-state index is 12.8. The van der Waals surface area contributed by atoms with E-state index < -0.39 is 10.0 Å². The van der Waals surface area contributed by atoms with E-state index in [0.717, 1.165) is 15.4 Å². The number of hydrogen-bond acceptors (Lipinski definition) is 4. The predicted molar refractivity (Wildman–Crippen MR) is 106 cm³/mol. The molecular formula is C20H23N3O4S. The Morgan fingerprint density at radius 3 is 2.64 bits per heavy atom. The Kier molecular flexibility index (Phi) is 6.11. The van der Waals surface area contributed by atoms with Crippen LogP contribution in [0.4, 0.5) is 5.69 Å². The van der Waals surface area contributed by atoms with Crippen molar-refractivity contribution in [1.82, 2.24) is 9.62 Å². The highest BCUT2D eigenvalue weighted by molar-refractivity contribution is 7.89. The summed E-state index contributed by atoms with van der Waals surface area (Å²) in [6.45, 7) is 0.0646. The number of likely N-dealkylation sites (N-methyl/N-ethyl adjacent to an activating group) is 1. The third-order valence-corrected chi connectivity index (χ3v) is 6.41. The Balaban J connectivity index is 1.67. The van der Waals surface area contributed by atoms with Crippen molar-refractivity contribution in [1.29, 1.82) is 0 Å². The molecule has 28 heavy (non-hydrogen) atoms. The van der Waals surface area contributed by atoms with Crippen LogP contribution in [-0.2, 0) is 32.6 Å². The zero-order valence-corrected chi connectivity index (χ0v) is 16.5. The zero-order valence-electron chi connectivity index (χ0n) is 15.6. The van der Waals surface area contributed by atoms with Gasteiger partial charge in [-0.25, -0.2) is 8.42 Å². The molecule has 0 radical (unpaired) electrons. The van der Waals surface area contributed by atoms with Crippen LogP contribution in [0.25, 0.3) is 0 Å². The number of aryl methyl sites for hydroxylation is 1. The summed E-state index contributed by atoms with van der Waals surface area (Å²) in [6.07, 6.45) is 1.71. The number of benzene rings is 2. The lowest BCUT2D eigenvalue weighted by atomic mass is 10.1. The van der Waals surface area contributed by atoms with Crippen molar-refractivity contribution in [2.45, 2.75) is 30.7 Å². The molecule has 8 heteroatoms. The van der Waals surface area contributed by atoms with E-state index in [1.54, 1.807) is 12.1 Å². The molecule has 2 aromatic carbocycles. The van der Waals surface area contributed by atoms with Gasteiger partial charge in [-0.05, 0) is 42.2 Å². The van der Waals surface area contributed by atoms with Gasteiger partial charge in [-0.2, -0.15) is 4.31 Å². The van der Waals surface area contributed by atoms with E-state index in [4.69, 9.17) is 0 Å². The molecule has 0 saturated carbocycles. The largest absolute Gasteiger partial charge is 0.351 e. The third-order valence-electron chi connectivity index (χ3n) is 4.61. The number of nitrogens with one attached hydrogen (secondary N) is 2. The van der Waals surface area contributed by atoms with Crippen molar-refractivity contribution in [3.8, 4) is 0 Å². The summed E-state index contributed by atoms with van der Waals surface area (Å²) in [5, 5.41) is 5.51. The van der Waals surface area contributed by atoms with Gasteiger partial charge in [0.05, 0.1) is 11.4 Å². The van der Waals surface area contributed by atoms with Crippen LogP contribution in [0.15, 0.2) is 53.4 Å². The summed E-state index contributed by atoms with van der Waals surface area (Å²) >= 11 is 0. The minimum Gasteiger partial charge on any atom is -0.351 e. The van der Waals surface area contributed by atoms with E-state index >= 15 is 0 Å². The second-order valence-corrected chi connectivity index (χ2v) is 8.79. The van der Waals surface area contributed by atoms with Gasteiger partial charge in [0.15, 0.2) is 0 Å². The first kappa shape index (κ1) is 20.0. The first-order valence-corrected chi connectivity index (χ1v) is 10.5. The molecule has 7 nitrogen and oxygen atoms in total. The summed E-state index contributed by atoms with van der Waals surface area (Å²) in [7, 11) is -2.44. The van der Waals surface area contributed by atoms with Crippen LogP contribution in [0.2, 0.25) is 0 Å². The van der Waals surface area contributed by atoms with Crippen molar-refractivity contribution in [2.75, 3.05) is 18.9 Å². The molecule has 0 aliphatic carbocycles. The van der Waals surface area contributed by atoms with Crippen LogP contribution in [0.1, 0.15) is 24.0 Å². The summed E-state index contributed by atoms with van der Waals surface area (Å²) < 4.78 is 26.7. The molecule has 1 aliphatic heterocycles. The number of hydrogen-bond donors (Lipinski definition) is 2. The van der Waals surface area contributed by atoms with E-state index in [2.05, 4.69) is 10.6 Å². The molecule has 2 amide bonds. The van der Waals surface area contributed by atoms with E-state index in [0.29, 0.717) is 31.5 Å². The molecule has 0 bridgehead atoms. The Morgan fingerprint density at radius 2 is 1.89 bits per heavy atom. The molecule has 1 aliphatic rings. The summed E-state index contributed by atoms with van der Waals surface area (Å²) in [5.74, 6) is -0.446. The predicted octanol–water partition coefficient (Wildman–Crippen LogP) is 1.90. The number of carbonyl (C=O) groups excluding carboxylic acids is 2. The van der Waals surface area contributed by atoms with Gasteiger partial charge in [-0.15, -0.1) is 0 Å². The highest BCUT2D eigenvalue weighted by atomic mass is 32.2. The molecule has 2 aromatic rings. The Morgan fingerprint density at radius 1 is 1.14 bits per heavy atom. The summed E-state index contributed by atoms with van der Waals surface area (Å²) in [6, 6.07) is 14.0. The zero-order chi connectivity index (χ0) is 20.1. The third kappa shape index (κ3) is 4.76. The minimum atomic E-state index is -3.82. The first-order chi connectivity index (χ1) is 13.4. The van der Waals surface area contributed by atoms with Gasteiger partial charge >= 0.3 is 0 Å². The van der Waals surface area contributed by atoms with Gasteiger partial charge in [0.1, 0.15) is 0 Å². The molecule has 0 aromatic heterocycles. The normalized spacial score (nSPS) is 14.1. The molecular weight excluding hydrogens is 378 g/mol. The number of anilines is 1. The number of amides is 2. The van der Waals surface area contributed by atoms with Crippen LogP contribution in [0, 0.1) is 0 Å². The van der Waals surface area contributed by atoms with Gasteiger partial charge in [-0.1, -0.05) is 30.3 Å². The SMILES string of the molecule is CN(CC(=O)NCc1ccccc1)S(=O)(=O)c1ccc2c(c1)CCCC(=O)N2. The fourth-order valence-corrected chi connectivity index (χ4v) is 4.21. The van der Waals surface area contributed by atoms with Gasteiger partial charge < -0.3 is 10.6 Å². The van der Waals surface area contributed by atoms with Gasteiger partial charge in [0.2, 0.25) is 21.8 Å². The van der Waals surface area contributed by atoms with Crippen LogP contribution in [0.3, 0.4) is 0 Å². The van der Waals surface area contributed by atoms with E-state index in [1.807, 2.05) is 30.3 Å². The Hall–Kier alpha value is -2.71. The Labute approximate surface area is 164 Å². The highest BCUT2D eigenvalue weighted by Crippen LogP contribution is 2.26. The number of fused-ring (bicyclic) bond motifs is 1. The fourth-order valence-electron chi connectivity index (χ4n) is 3.03. The van der Waals surface area contributed by atoms with Crippen molar-refractivity contribution in [3.05, 3.63) is 59.7 Å². The van der Waals surface area contributed by atoms with Gasteiger partial charge in [-0.3, -0.25) is 9.59 Å². The Bertz CT molecular complexity index is 974. The number of sulfonamides is 1. The lowest BCUT2D eigenvalue weighted by Gasteiger charge is -2.18. The standard InChI is InChI=1S/C20H23N3O4S/c1-23(14-20(25)21-13-15-6-3-2-4-7-15)28(26,27)17-10-11-18-16(12-17)8-5-9-19(24)22-18/h2-4,6-7,10-12H,5,8-9,13-14H2,1H3,(H,21,25)(H,22,24). The maximum Gasteiger partial charge on any atom is 0.243 e. The molecule has 3 rings (SSSR count). The lowest BCUT2D eigenvalue weighted by Crippen LogP contribution is -2.38. The highest BCUT2D eigenvalue weighted by Gasteiger charge is 2.24. The molecule has 0 fully saturated rings. The molecule has 2 N–H and O–H groups in total. The topological polar surface area (TPSA) is 95.6 Å². The van der Waals surface area contributed by atoms with Crippen LogP contribution < -0.4 is 10.6 Å². The summed E-state index contributed by atoms with van der Waals surface area (Å²) in [4.78, 5) is 23.9. The average molecular weight is 401 g/mol. The molecule has 148 valence electrons. The number of carbonyl (C=O) groups is 2. The smallest absolute Gasteiger partial charge is 0.243 e. The average Bonchev–Trinajstić information content (AvgIpc) is 2.87. The minimum absolute atomic E-state index is 0.0680. The van der Waals surface area contributed by atoms with E-state index in [-0.39, 0.29) is 23.3 Å². The van der Waals surface area contributed by atoms with Crippen LogP contribution in [-0.4, -0.2) is 38.1 Å². The van der Waals surface area contributed by atoms with Crippen LogP contribution in [0.5, 0.6) is 0 Å². The van der Waals surface area contributed by atoms with Crippen molar-refractivity contribution >= 4 is 27.5 Å². The lowest BCUT2D eigenvalue weighted by molar-refractivity contribution is -0.121. The van der Waals surface area contributed by atoms with E-state index in [9.17, 15) is 18.0 Å².